The molecule has 0 aliphatic rings. The molecule has 0 saturated heterocycles. The molecule has 0 aliphatic heterocycles. The van der Waals surface area contributed by atoms with E-state index in [0.717, 1.165) is 25.7 Å². The lowest BCUT2D eigenvalue weighted by atomic mass is 10.2. The highest BCUT2D eigenvalue weighted by molar-refractivity contribution is 5.86. The Bertz CT molecular complexity index is 325. The van der Waals surface area contributed by atoms with E-state index in [1.807, 2.05) is 13.8 Å². The van der Waals surface area contributed by atoms with E-state index < -0.39 is 30.4 Å². The van der Waals surface area contributed by atoms with Crippen LogP contribution in [0, 0.1) is 0 Å². The predicted octanol–water partition coefficient (Wildman–Crippen LogP) is 1.53. The summed E-state index contributed by atoms with van der Waals surface area (Å²) < 4.78 is 0. The normalized spacial score (nSPS) is 11.7. The van der Waals surface area contributed by atoms with E-state index in [1.165, 1.54) is 0 Å². The number of hydrogen-bond acceptors (Lipinski definition) is 3. The van der Waals surface area contributed by atoms with Crippen LogP contribution in [0.2, 0.25) is 0 Å². The fourth-order valence-corrected chi connectivity index (χ4v) is 1.63. The van der Waals surface area contributed by atoms with Crippen molar-refractivity contribution in [1.82, 2.24) is 10.2 Å². The van der Waals surface area contributed by atoms with Gasteiger partial charge in [-0.15, -0.1) is 0 Å². The highest BCUT2D eigenvalue weighted by Gasteiger charge is 2.25. The van der Waals surface area contributed by atoms with Crippen LogP contribution in [-0.4, -0.2) is 52.2 Å². The van der Waals surface area contributed by atoms with E-state index in [0.29, 0.717) is 13.1 Å². The summed E-state index contributed by atoms with van der Waals surface area (Å²) in [6.07, 6.45) is 2.87. The molecule has 3 N–H and O–H groups in total. The third kappa shape index (κ3) is 7.60. The third-order valence-electron chi connectivity index (χ3n) is 2.82. The van der Waals surface area contributed by atoms with Crippen molar-refractivity contribution in [2.24, 2.45) is 0 Å². The molecule has 0 saturated carbocycles. The number of aliphatic carboxylic acids is 2. The van der Waals surface area contributed by atoms with Crippen molar-refractivity contribution < 1.29 is 24.6 Å². The van der Waals surface area contributed by atoms with Gasteiger partial charge in [0.1, 0.15) is 6.04 Å². The highest BCUT2D eigenvalue weighted by Crippen LogP contribution is 2.02. The molecule has 7 nitrogen and oxygen atoms in total. The molecule has 20 heavy (non-hydrogen) atoms. The number of amides is 2. The minimum absolute atomic E-state index is 0.513. The molecule has 0 bridgehead atoms. The van der Waals surface area contributed by atoms with Crippen LogP contribution in [0.5, 0.6) is 0 Å². The molecule has 0 radical (unpaired) electrons. The summed E-state index contributed by atoms with van der Waals surface area (Å²) in [7, 11) is 0. The molecular formula is C13H24N2O5. The molecule has 0 aliphatic carbocycles. The number of urea groups is 1. The molecule has 2 amide bonds. The predicted molar refractivity (Wildman–Crippen MR) is 73.6 cm³/mol. The smallest absolute Gasteiger partial charge is 0.326 e. The second-order valence-electron chi connectivity index (χ2n) is 4.63. The van der Waals surface area contributed by atoms with Crippen molar-refractivity contribution in [3.8, 4) is 0 Å². The maximum absolute atomic E-state index is 12.0. The van der Waals surface area contributed by atoms with Crippen LogP contribution in [-0.2, 0) is 9.59 Å². The van der Waals surface area contributed by atoms with E-state index in [9.17, 15) is 14.4 Å². The Balaban J connectivity index is 4.59. The lowest BCUT2D eigenvalue weighted by molar-refractivity contribution is -0.145. The minimum Gasteiger partial charge on any atom is -0.481 e. The Labute approximate surface area is 119 Å². The van der Waals surface area contributed by atoms with E-state index in [1.54, 1.807) is 4.90 Å². The van der Waals surface area contributed by atoms with Crippen molar-refractivity contribution in [1.29, 1.82) is 0 Å². The number of carbonyl (C=O) groups is 3. The van der Waals surface area contributed by atoms with Crippen molar-refractivity contribution in [3.05, 3.63) is 0 Å². The molecule has 116 valence electrons. The highest BCUT2D eigenvalue weighted by atomic mass is 16.4. The molecule has 7 heteroatoms. The lowest BCUT2D eigenvalue weighted by Crippen LogP contribution is -2.49. The number of nitrogens with one attached hydrogen (secondary N) is 1. The molecule has 0 aromatic heterocycles. The van der Waals surface area contributed by atoms with Crippen molar-refractivity contribution in [3.63, 3.8) is 0 Å². The summed E-state index contributed by atoms with van der Waals surface area (Å²) in [4.78, 5) is 35.1. The standard InChI is InChI=1S/C13H24N2O5/c1-3-5-7-15(8-6-4-2)13(20)14-10(12(18)19)9-11(16)17/h10H,3-9H2,1-2H3,(H,14,20)(H,16,17)(H,18,19)/t10-/m1/s1. The van der Waals surface area contributed by atoms with Crippen LogP contribution in [0.1, 0.15) is 46.0 Å². The number of carboxylic acids is 2. The quantitative estimate of drug-likeness (QED) is 0.565. The Morgan fingerprint density at radius 2 is 1.55 bits per heavy atom. The van der Waals surface area contributed by atoms with Gasteiger partial charge in [-0.25, -0.2) is 9.59 Å². The largest absolute Gasteiger partial charge is 0.481 e. The SMILES string of the molecule is CCCCN(CCCC)C(=O)N[C@H](CC(=O)O)C(=O)O. The van der Waals surface area contributed by atoms with Gasteiger partial charge in [0, 0.05) is 13.1 Å². The molecule has 0 aromatic carbocycles. The number of rotatable bonds is 10. The van der Waals surface area contributed by atoms with Gasteiger partial charge in [0.15, 0.2) is 0 Å². The topological polar surface area (TPSA) is 107 Å². The average Bonchev–Trinajstić information content (AvgIpc) is 2.37. The molecular weight excluding hydrogens is 264 g/mol. The van der Waals surface area contributed by atoms with Gasteiger partial charge in [0.25, 0.3) is 0 Å². The first-order chi connectivity index (χ1) is 9.42. The number of hydrogen-bond donors (Lipinski definition) is 3. The maximum Gasteiger partial charge on any atom is 0.326 e. The second-order valence-corrected chi connectivity index (χ2v) is 4.63. The molecule has 0 rings (SSSR count). The van der Waals surface area contributed by atoms with Gasteiger partial charge < -0.3 is 20.4 Å². The Morgan fingerprint density at radius 3 is 1.90 bits per heavy atom. The van der Waals surface area contributed by atoms with E-state index in [2.05, 4.69) is 5.32 Å². The van der Waals surface area contributed by atoms with Crippen LogP contribution < -0.4 is 5.32 Å². The van der Waals surface area contributed by atoms with Crippen LogP contribution in [0.3, 0.4) is 0 Å². The lowest BCUT2D eigenvalue weighted by Gasteiger charge is -2.24. The van der Waals surface area contributed by atoms with Crippen molar-refractivity contribution in [2.45, 2.75) is 52.0 Å². The maximum atomic E-state index is 12.0. The molecule has 0 aromatic rings. The van der Waals surface area contributed by atoms with E-state index in [4.69, 9.17) is 10.2 Å². The average molecular weight is 288 g/mol. The van der Waals surface area contributed by atoms with E-state index in [-0.39, 0.29) is 0 Å². The number of unbranched alkanes of at least 4 members (excludes halogenated alkanes) is 2. The van der Waals surface area contributed by atoms with Crippen LogP contribution in [0.15, 0.2) is 0 Å². The van der Waals surface area contributed by atoms with Crippen molar-refractivity contribution >= 4 is 18.0 Å². The zero-order valence-corrected chi connectivity index (χ0v) is 12.1. The van der Waals surface area contributed by atoms with Gasteiger partial charge in [0.2, 0.25) is 0 Å². The Kier molecular flexibility index (Phi) is 9.15. The number of nitrogens with zero attached hydrogens (tertiary/aromatic N) is 1. The van der Waals surface area contributed by atoms with Gasteiger partial charge in [0.05, 0.1) is 6.42 Å². The van der Waals surface area contributed by atoms with Gasteiger partial charge in [-0.05, 0) is 12.8 Å². The minimum atomic E-state index is -1.40. The summed E-state index contributed by atoms with van der Waals surface area (Å²) >= 11 is 0. The Morgan fingerprint density at radius 1 is 1.05 bits per heavy atom. The van der Waals surface area contributed by atoms with Gasteiger partial charge in [-0.2, -0.15) is 0 Å². The second kappa shape index (κ2) is 10.1. The summed E-state index contributed by atoms with van der Waals surface area (Å²) in [6.45, 7) is 5.09. The van der Waals surface area contributed by atoms with Gasteiger partial charge >= 0.3 is 18.0 Å². The fourth-order valence-electron chi connectivity index (χ4n) is 1.63. The zero-order chi connectivity index (χ0) is 15.5. The van der Waals surface area contributed by atoms with Crippen LogP contribution >= 0.6 is 0 Å². The molecule has 0 spiro atoms. The molecule has 0 heterocycles. The first-order valence-corrected chi connectivity index (χ1v) is 6.92. The van der Waals surface area contributed by atoms with Crippen LogP contribution in [0.25, 0.3) is 0 Å². The number of carbonyl (C=O) groups excluding carboxylic acids is 1. The first kappa shape index (κ1) is 18.2. The Hall–Kier alpha value is -1.79. The van der Waals surface area contributed by atoms with Gasteiger partial charge in [-0.3, -0.25) is 4.79 Å². The summed E-state index contributed by atoms with van der Waals surface area (Å²) in [5.74, 6) is -2.60. The summed E-state index contributed by atoms with van der Waals surface area (Å²) in [5.41, 5.74) is 0. The number of carboxylic acid groups (broad SMARTS) is 2. The molecule has 1 atom stereocenters. The summed E-state index contributed by atoms with van der Waals surface area (Å²) in [5, 5.41) is 19.8. The summed E-state index contributed by atoms with van der Waals surface area (Å²) in [6, 6.07) is -1.91. The van der Waals surface area contributed by atoms with Gasteiger partial charge in [-0.1, -0.05) is 26.7 Å². The van der Waals surface area contributed by atoms with Crippen molar-refractivity contribution in [2.75, 3.05) is 13.1 Å². The van der Waals surface area contributed by atoms with E-state index >= 15 is 0 Å². The third-order valence-corrected chi connectivity index (χ3v) is 2.82. The van der Waals surface area contributed by atoms with Crippen LogP contribution in [0.4, 0.5) is 4.79 Å². The first-order valence-electron chi connectivity index (χ1n) is 6.92. The molecule has 0 fully saturated rings. The molecule has 0 unspecified atom stereocenters. The zero-order valence-electron chi connectivity index (χ0n) is 12.1. The monoisotopic (exact) mass is 288 g/mol. The fraction of sp³-hybridized carbons (Fsp3) is 0.769.